The maximum absolute atomic E-state index is 13.9. The summed E-state index contributed by atoms with van der Waals surface area (Å²) in [5, 5.41) is 4.90. The van der Waals surface area contributed by atoms with Crippen LogP contribution in [0.1, 0.15) is 63.9 Å². The lowest BCUT2D eigenvalue weighted by Crippen LogP contribution is -2.46. The van der Waals surface area contributed by atoms with Crippen molar-refractivity contribution < 1.29 is 14.1 Å². The third-order valence-electron chi connectivity index (χ3n) is 7.29. The van der Waals surface area contributed by atoms with Crippen LogP contribution < -0.4 is 0 Å². The number of carbonyl (C=O) groups excluding carboxylic acids is 2. The molecule has 0 aliphatic carbocycles. The average molecular weight is 441 g/mol. The standard InChI is InChI=1S/C28H28N2O3/c1-18-11-13-21(14-12-18)28(3)17-30-24-9-5-4-7-20(24)15-25(30)27(32)23(28)8-6-10-26(31)22-16-33-29-19(22)2/h4-5,7,9,11-16,23H,6,8,10,17H2,1-3H3. The molecule has 168 valence electrons. The number of nitrogens with zero attached hydrogens (tertiary/aromatic N) is 2. The van der Waals surface area contributed by atoms with Gasteiger partial charge in [-0.25, -0.2) is 0 Å². The minimum absolute atomic E-state index is 0.0168. The van der Waals surface area contributed by atoms with Crippen molar-refractivity contribution in [2.24, 2.45) is 5.92 Å². The van der Waals surface area contributed by atoms with Crippen LogP contribution in [0.15, 0.2) is 65.4 Å². The Morgan fingerprint density at radius 2 is 1.91 bits per heavy atom. The maximum atomic E-state index is 13.9. The van der Waals surface area contributed by atoms with Crippen molar-refractivity contribution >= 4 is 22.5 Å². The highest BCUT2D eigenvalue weighted by Gasteiger charge is 2.45. The molecule has 5 rings (SSSR count). The van der Waals surface area contributed by atoms with Gasteiger partial charge in [0.15, 0.2) is 11.6 Å². The maximum Gasteiger partial charge on any atom is 0.183 e. The largest absolute Gasteiger partial charge is 0.364 e. The van der Waals surface area contributed by atoms with Gasteiger partial charge in [0, 0.05) is 35.2 Å². The number of hydrogen-bond donors (Lipinski definition) is 0. The molecule has 5 nitrogen and oxygen atoms in total. The van der Waals surface area contributed by atoms with Crippen molar-refractivity contribution in [3.8, 4) is 0 Å². The first kappa shape index (κ1) is 21.4. The molecule has 2 aromatic carbocycles. The highest BCUT2D eigenvalue weighted by atomic mass is 16.5. The van der Waals surface area contributed by atoms with Crippen LogP contribution in [-0.4, -0.2) is 21.3 Å². The zero-order chi connectivity index (χ0) is 23.2. The minimum atomic E-state index is -0.365. The molecule has 33 heavy (non-hydrogen) atoms. The predicted octanol–water partition coefficient (Wildman–Crippen LogP) is 6.07. The van der Waals surface area contributed by atoms with Crippen molar-refractivity contribution in [1.82, 2.24) is 9.72 Å². The second-order valence-electron chi connectivity index (χ2n) is 9.50. The lowest BCUT2D eigenvalue weighted by molar-refractivity contribution is 0.0760. The van der Waals surface area contributed by atoms with Crippen molar-refractivity contribution in [1.29, 1.82) is 0 Å². The lowest BCUT2D eigenvalue weighted by atomic mass is 9.65. The summed E-state index contributed by atoms with van der Waals surface area (Å²) in [6, 6.07) is 18.7. The fourth-order valence-corrected chi connectivity index (χ4v) is 5.33. The molecule has 2 unspecified atom stereocenters. The molecule has 0 saturated heterocycles. The van der Waals surface area contributed by atoms with Crippen LogP contribution in [0, 0.1) is 19.8 Å². The van der Waals surface area contributed by atoms with Crippen LogP contribution in [0.5, 0.6) is 0 Å². The second kappa shape index (κ2) is 8.14. The van der Waals surface area contributed by atoms with E-state index in [9.17, 15) is 9.59 Å². The fourth-order valence-electron chi connectivity index (χ4n) is 5.33. The molecule has 3 heterocycles. The quantitative estimate of drug-likeness (QED) is 0.341. The molecule has 0 amide bonds. The summed E-state index contributed by atoms with van der Waals surface area (Å²) in [5.74, 6) is -0.0225. The van der Waals surface area contributed by atoms with Gasteiger partial charge in [-0.05, 0) is 44.4 Å². The Morgan fingerprint density at radius 3 is 2.64 bits per heavy atom. The third-order valence-corrected chi connectivity index (χ3v) is 7.29. The number of benzene rings is 2. The molecule has 2 atom stereocenters. The topological polar surface area (TPSA) is 65.1 Å². The van der Waals surface area contributed by atoms with E-state index in [0.29, 0.717) is 30.5 Å². The Morgan fingerprint density at radius 1 is 1.15 bits per heavy atom. The van der Waals surface area contributed by atoms with Crippen molar-refractivity contribution in [2.45, 2.75) is 52.0 Å². The minimum Gasteiger partial charge on any atom is -0.364 e. The lowest BCUT2D eigenvalue weighted by Gasteiger charge is -2.42. The van der Waals surface area contributed by atoms with Gasteiger partial charge in [0.1, 0.15) is 6.26 Å². The van der Waals surface area contributed by atoms with Crippen molar-refractivity contribution in [2.75, 3.05) is 0 Å². The number of aryl methyl sites for hydroxylation is 2. The molecule has 2 aromatic heterocycles. The van der Waals surface area contributed by atoms with Crippen molar-refractivity contribution in [3.63, 3.8) is 0 Å². The summed E-state index contributed by atoms with van der Waals surface area (Å²) in [7, 11) is 0. The molecule has 5 heteroatoms. The summed E-state index contributed by atoms with van der Waals surface area (Å²) in [6.45, 7) is 6.78. The van der Waals surface area contributed by atoms with Crippen LogP contribution in [0.25, 0.3) is 10.9 Å². The van der Waals surface area contributed by atoms with Gasteiger partial charge >= 0.3 is 0 Å². The van der Waals surface area contributed by atoms with Crippen molar-refractivity contribution in [3.05, 3.63) is 88.9 Å². The first-order valence-electron chi connectivity index (χ1n) is 11.5. The Bertz CT molecular complexity index is 1350. The molecule has 0 fully saturated rings. The average Bonchev–Trinajstić information content (AvgIpc) is 3.40. The van der Waals surface area contributed by atoms with E-state index >= 15 is 0 Å². The number of para-hydroxylation sites is 1. The first-order valence-corrected chi connectivity index (χ1v) is 11.5. The normalized spacial score (nSPS) is 20.2. The van der Waals surface area contributed by atoms with Gasteiger partial charge in [-0.2, -0.15) is 0 Å². The number of Topliss-reactive ketones (excluding diaryl/α,β-unsaturated/α-hetero) is 2. The monoisotopic (exact) mass is 440 g/mol. The van der Waals surface area contributed by atoms with Gasteiger partial charge in [0.2, 0.25) is 0 Å². The number of fused-ring (bicyclic) bond motifs is 3. The first-order chi connectivity index (χ1) is 15.9. The Labute approximate surface area is 193 Å². The third kappa shape index (κ3) is 3.62. The highest BCUT2D eigenvalue weighted by molar-refractivity contribution is 6.03. The summed E-state index contributed by atoms with van der Waals surface area (Å²) in [6.07, 6.45) is 3.08. The molecular weight excluding hydrogens is 412 g/mol. The second-order valence-corrected chi connectivity index (χ2v) is 9.50. The molecule has 0 spiro atoms. The van der Waals surface area contributed by atoms with E-state index in [1.165, 1.54) is 11.8 Å². The van der Waals surface area contributed by atoms with E-state index in [-0.39, 0.29) is 22.9 Å². The molecule has 0 radical (unpaired) electrons. The molecule has 1 aliphatic rings. The van der Waals surface area contributed by atoms with Crippen LogP contribution in [0.4, 0.5) is 0 Å². The fraction of sp³-hybridized carbons (Fsp3) is 0.321. The van der Waals surface area contributed by atoms with Crippen LogP contribution in [0.3, 0.4) is 0 Å². The number of hydrogen-bond acceptors (Lipinski definition) is 4. The number of carbonyl (C=O) groups is 2. The molecule has 4 aromatic rings. The number of aromatic nitrogens is 2. The van der Waals surface area contributed by atoms with Gasteiger partial charge in [0.05, 0.1) is 17.0 Å². The van der Waals surface area contributed by atoms with Gasteiger partial charge < -0.3 is 9.09 Å². The smallest absolute Gasteiger partial charge is 0.183 e. The van der Waals surface area contributed by atoms with Crippen LogP contribution in [-0.2, 0) is 12.0 Å². The van der Waals surface area contributed by atoms with Gasteiger partial charge in [-0.3, -0.25) is 9.59 Å². The van der Waals surface area contributed by atoms with Gasteiger partial charge in [-0.15, -0.1) is 0 Å². The van der Waals surface area contributed by atoms with E-state index in [0.717, 1.165) is 28.7 Å². The summed E-state index contributed by atoms with van der Waals surface area (Å²) in [5.41, 5.74) is 5.01. The predicted molar refractivity (Wildman–Crippen MR) is 128 cm³/mol. The van der Waals surface area contributed by atoms with E-state index in [4.69, 9.17) is 4.52 Å². The molecule has 1 aliphatic heterocycles. The Kier molecular flexibility index (Phi) is 5.28. The number of ketones is 2. The SMILES string of the molecule is Cc1ccc(C2(C)Cn3c(cc4ccccc43)C(=O)C2CCCC(=O)c2conc2C)cc1. The van der Waals surface area contributed by atoms with Crippen LogP contribution >= 0.6 is 0 Å². The van der Waals surface area contributed by atoms with E-state index in [1.807, 2.05) is 18.2 Å². The van der Waals surface area contributed by atoms with E-state index < -0.39 is 0 Å². The molecule has 0 bridgehead atoms. The summed E-state index contributed by atoms with van der Waals surface area (Å²) >= 11 is 0. The van der Waals surface area contributed by atoms with Gasteiger partial charge in [-0.1, -0.05) is 60.1 Å². The summed E-state index contributed by atoms with van der Waals surface area (Å²) in [4.78, 5) is 26.5. The molecule has 0 N–H and O–H groups in total. The van der Waals surface area contributed by atoms with E-state index in [1.54, 1.807) is 6.92 Å². The molecule has 0 saturated carbocycles. The highest BCUT2D eigenvalue weighted by Crippen LogP contribution is 2.44. The zero-order valence-electron chi connectivity index (χ0n) is 19.3. The Balaban J connectivity index is 1.49. The van der Waals surface area contributed by atoms with E-state index in [2.05, 4.69) is 60.0 Å². The van der Waals surface area contributed by atoms with Gasteiger partial charge in [0.25, 0.3) is 0 Å². The van der Waals surface area contributed by atoms with Crippen LogP contribution in [0.2, 0.25) is 0 Å². The summed E-state index contributed by atoms with van der Waals surface area (Å²) < 4.78 is 7.10. The zero-order valence-corrected chi connectivity index (χ0v) is 19.3. The number of rotatable bonds is 6. The Hall–Kier alpha value is -3.47. The molecular formula is C28H28N2O3.